The second-order valence-corrected chi connectivity index (χ2v) is 3.90. The molecule has 0 N–H and O–H groups in total. The van der Waals surface area contributed by atoms with Gasteiger partial charge in [0.15, 0.2) is 0 Å². The van der Waals surface area contributed by atoms with Crippen LogP contribution in [0.5, 0.6) is 0 Å². The second-order valence-electron chi connectivity index (χ2n) is 3.46. The highest BCUT2D eigenvalue weighted by molar-refractivity contribution is 6.30. The molecule has 0 saturated heterocycles. The van der Waals surface area contributed by atoms with E-state index in [2.05, 4.69) is 4.99 Å². The Morgan fingerprint density at radius 2 is 1.86 bits per heavy atom. The van der Waals surface area contributed by atoms with Gasteiger partial charge in [-0.1, -0.05) is 37.6 Å². The maximum Gasteiger partial charge on any atom is 0.235 e. The van der Waals surface area contributed by atoms with E-state index in [9.17, 15) is 4.79 Å². The molecule has 14 heavy (non-hydrogen) atoms. The third-order valence-electron chi connectivity index (χ3n) is 2.03. The lowest BCUT2D eigenvalue weighted by atomic mass is 9.97. The van der Waals surface area contributed by atoms with Crippen LogP contribution in [0.15, 0.2) is 29.3 Å². The van der Waals surface area contributed by atoms with Crippen molar-refractivity contribution in [3.05, 3.63) is 34.9 Å². The van der Waals surface area contributed by atoms with Crippen LogP contribution in [0.4, 0.5) is 0 Å². The van der Waals surface area contributed by atoms with Gasteiger partial charge >= 0.3 is 0 Å². The molecule has 1 aromatic carbocycles. The molecule has 0 radical (unpaired) electrons. The van der Waals surface area contributed by atoms with Gasteiger partial charge in [0.05, 0.1) is 6.04 Å². The van der Waals surface area contributed by atoms with Crippen molar-refractivity contribution in [2.75, 3.05) is 0 Å². The molecule has 1 atom stereocenters. The van der Waals surface area contributed by atoms with E-state index in [1.54, 1.807) is 18.2 Å². The Hall–Kier alpha value is -1.11. The van der Waals surface area contributed by atoms with E-state index >= 15 is 0 Å². The van der Waals surface area contributed by atoms with Crippen molar-refractivity contribution in [1.29, 1.82) is 0 Å². The number of benzene rings is 1. The molecule has 0 aromatic heterocycles. The lowest BCUT2D eigenvalue weighted by Crippen LogP contribution is -2.03. The zero-order valence-electron chi connectivity index (χ0n) is 8.20. The third-order valence-corrected chi connectivity index (χ3v) is 2.29. The summed E-state index contributed by atoms with van der Waals surface area (Å²) in [5.41, 5.74) is 0.993. The average Bonchev–Trinajstić information content (AvgIpc) is 2.15. The van der Waals surface area contributed by atoms with Gasteiger partial charge < -0.3 is 0 Å². The minimum absolute atomic E-state index is 0.121. The number of aliphatic imine (C=N–C) groups is 1. The summed E-state index contributed by atoms with van der Waals surface area (Å²) in [5.74, 6) is 0.276. The Balaban J connectivity index is 2.99. The van der Waals surface area contributed by atoms with E-state index in [4.69, 9.17) is 11.6 Å². The Bertz CT molecular complexity index is 339. The summed E-state index contributed by atoms with van der Waals surface area (Å²) in [6.45, 7) is 4.03. The van der Waals surface area contributed by atoms with E-state index in [0.717, 1.165) is 5.56 Å². The summed E-state index contributed by atoms with van der Waals surface area (Å²) < 4.78 is 0. The van der Waals surface area contributed by atoms with Gasteiger partial charge in [0, 0.05) is 5.02 Å². The maximum absolute atomic E-state index is 10.2. The minimum atomic E-state index is -0.121. The van der Waals surface area contributed by atoms with Crippen LogP contribution < -0.4 is 0 Å². The summed E-state index contributed by atoms with van der Waals surface area (Å²) in [6.07, 6.45) is 1.60. The van der Waals surface area contributed by atoms with Crippen molar-refractivity contribution >= 4 is 17.7 Å². The van der Waals surface area contributed by atoms with Crippen molar-refractivity contribution in [3.63, 3.8) is 0 Å². The van der Waals surface area contributed by atoms with Gasteiger partial charge in [-0.15, -0.1) is 0 Å². The van der Waals surface area contributed by atoms with Crippen molar-refractivity contribution in [3.8, 4) is 0 Å². The molecule has 0 aliphatic rings. The Kier molecular flexibility index (Phi) is 3.87. The molecule has 1 rings (SSSR count). The molecule has 74 valence electrons. The van der Waals surface area contributed by atoms with Gasteiger partial charge in [-0.2, -0.15) is 4.99 Å². The molecule has 0 saturated carbocycles. The molecule has 0 spiro atoms. The lowest BCUT2D eigenvalue weighted by Gasteiger charge is -2.14. The number of isocyanates is 1. The van der Waals surface area contributed by atoms with E-state index in [1.807, 2.05) is 26.0 Å². The van der Waals surface area contributed by atoms with Gasteiger partial charge in [-0.3, -0.25) is 0 Å². The fourth-order valence-electron chi connectivity index (χ4n) is 1.33. The van der Waals surface area contributed by atoms with E-state index < -0.39 is 0 Å². The number of rotatable bonds is 3. The van der Waals surface area contributed by atoms with Crippen LogP contribution in [-0.4, -0.2) is 6.08 Å². The van der Waals surface area contributed by atoms with Crippen molar-refractivity contribution < 1.29 is 4.79 Å². The van der Waals surface area contributed by atoms with Crippen LogP contribution in [-0.2, 0) is 4.79 Å². The van der Waals surface area contributed by atoms with Gasteiger partial charge in [0.1, 0.15) is 0 Å². The highest BCUT2D eigenvalue weighted by atomic mass is 35.5. The number of carbonyl (C=O) groups excluding carboxylic acids is 1. The van der Waals surface area contributed by atoms with Crippen LogP contribution in [0.25, 0.3) is 0 Å². The Labute approximate surface area is 88.6 Å². The number of nitrogens with zero attached hydrogens (tertiary/aromatic N) is 1. The van der Waals surface area contributed by atoms with Gasteiger partial charge in [0.25, 0.3) is 0 Å². The van der Waals surface area contributed by atoms with Crippen LogP contribution >= 0.6 is 11.6 Å². The summed E-state index contributed by atoms with van der Waals surface area (Å²) in [7, 11) is 0. The molecule has 3 heteroatoms. The lowest BCUT2D eigenvalue weighted by molar-refractivity contribution is 0.502. The smallest absolute Gasteiger partial charge is 0.211 e. The topological polar surface area (TPSA) is 29.4 Å². The largest absolute Gasteiger partial charge is 0.235 e. The summed E-state index contributed by atoms with van der Waals surface area (Å²) in [6, 6.07) is 7.24. The molecule has 0 aliphatic heterocycles. The summed E-state index contributed by atoms with van der Waals surface area (Å²) in [5, 5.41) is 0.686. The van der Waals surface area contributed by atoms with Crippen molar-refractivity contribution in [1.82, 2.24) is 0 Å². The van der Waals surface area contributed by atoms with E-state index in [0.29, 0.717) is 5.02 Å². The first-order chi connectivity index (χ1) is 6.65. The molecular formula is C11H12ClNO. The first-order valence-corrected chi connectivity index (χ1v) is 4.85. The molecule has 0 amide bonds. The third kappa shape index (κ3) is 2.69. The molecule has 1 aromatic rings. The second kappa shape index (κ2) is 4.94. The number of hydrogen-bond donors (Lipinski definition) is 0. The van der Waals surface area contributed by atoms with Crippen LogP contribution in [0, 0.1) is 5.92 Å². The Morgan fingerprint density at radius 3 is 2.29 bits per heavy atom. The van der Waals surface area contributed by atoms with Gasteiger partial charge in [-0.05, 0) is 23.6 Å². The molecular weight excluding hydrogens is 198 g/mol. The Morgan fingerprint density at radius 1 is 1.29 bits per heavy atom. The predicted molar refractivity (Wildman–Crippen MR) is 57.2 cm³/mol. The fraction of sp³-hybridized carbons (Fsp3) is 0.364. The van der Waals surface area contributed by atoms with E-state index in [-0.39, 0.29) is 12.0 Å². The summed E-state index contributed by atoms with van der Waals surface area (Å²) in [4.78, 5) is 14.0. The van der Waals surface area contributed by atoms with Crippen LogP contribution in [0.3, 0.4) is 0 Å². The maximum atomic E-state index is 10.2. The van der Waals surface area contributed by atoms with Crippen LogP contribution in [0.2, 0.25) is 5.02 Å². The van der Waals surface area contributed by atoms with Crippen molar-refractivity contribution in [2.45, 2.75) is 19.9 Å². The first kappa shape index (κ1) is 11.0. The fourth-order valence-corrected chi connectivity index (χ4v) is 1.45. The summed E-state index contributed by atoms with van der Waals surface area (Å²) >= 11 is 5.77. The normalized spacial score (nSPS) is 12.3. The zero-order chi connectivity index (χ0) is 10.6. The molecule has 0 bridgehead atoms. The molecule has 0 fully saturated rings. The zero-order valence-corrected chi connectivity index (χ0v) is 8.95. The molecule has 0 aliphatic carbocycles. The highest BCUT2D eigenvalue weighted by Crippen LogP contribution is 2.26. The average molecular weight is 210 g/mol. The minimum Gasteiger partial charge on any atom is -0.211 e. The van der Waals surface area contributed by atoms with E-state index in [1.165, 1.54) is 0 Å². The van der Waals surface area contributed by atoms with Gasteiger partial charge in [0.2, 0.25) is 6.08 Å². The first-order valence-electron chi connectivity index (χ1n) is 4.47. The highest BCUT2D eigenvalue weighted by Gasteiger charge is 2.13. The molecule has 0 unspecified atom stereocenters. The van der Waals surface area contributed by atoms with Gasteiger partial charge in [-0.25, -0.2) is 4.79 Å². The SMILES string of the molecule is CC(C)[C@H](N=C=O)c1ccc(Cl)cc1. The molecule has 0 heterocycles. The standard InChI is InChI=1S/C11H12ClNO/c1-8(2)11(13-7-14)9-3-5-10(12)6-4-9/h3-6,8,11H,1-2H3/t11-/m0/s1. The van der Waals surface area contributed by atoms with Crippen LogP contribution in [0.1, 0.15) is 25.5 Å². The quantitative estimate of drug-likeness (QED) is 0.554. The monoisotopic (exact) mass is 209 g/mol. The van der Waals surface area contributed by atoms with Crippen molar-refractivity contribution in [2.24, 2.45) is 10.9 Å². The number of halogens is 1. The predicted octanol–water partition coefficient (Wildman–Crippen LogP) is 3.37. The number of hydrogen-bond acceptors (Lipinski definition) is 2. The molecule has 2 nitrogen and oxygen atoms in total.